The van der Waals surface area contributed by atoms with E-state index in [1.165, 1.54) is 29.2 Å². The maximum absolute atomic E-state index is 12.9. The highest BCUT2D eigenvalue weighted by Crippen LogP contribution is 2.30. The van der Waals surface area contributed by atoms with Crippen molar-refractivity contribution in [2.45, 2.75) is 12.8 Å². The topological polar surface area (TPSA) is 78.5 Å². The van der Waals surface area contributed by atoms with E-state index in [9.17, 15) is 18.8 Å². The Balaban J connectivity index is 1.53. The third-order valence-electron chi connectivity index (χ3n) is 4.24. The molecule has 1 unspecified atom stereocenters. The fourth-order valence-electron chi connectivity index (χ4n) is 2.85. The number of amides is 3. The van der Waals surface area contributed by atoms with Gasteiger partial charge in [0.2, 0.25) is 17.7 Å². The highest BCUT2D eigenvalue weighted by Gasteiger charge is 2.36. The first-order chi connectivity index (χ1) is 12.9. The first-order valence-electron chi connectivity index (χ1n) is 8.32. The third-order valence-corrected chi connectivity index (χ3v) is 4.56. The second kappa shape index (κ2) is 8.18. The van der Waals surface area contributed by atoms with Gasteiger partial charge in [-0.15, -0.1) is 0 Å². The number of carbonyl (C=O) groups excluding carboxylic acids is 3. The molecule has 1 saturated heterocycles. The largest absolute Gasteiger partial charge is 0.310 e. The molecular formula is C19H17ClFN3O3. The summed E-state index contributed by atoms with van der Waals surface area (Å²) in [7, 11) is 0. The van der Waals surface area contributed by atoms with Crippen molar-refractivity contribution in [2.75, 3.05) is 11.4 Å². The van der Waals surface area contributed by atoms with Gasteiger partial charge in [0.1, 0.15) is 5.82 Å². The van der Waals surface area contributed by atoms with Gasteiger partial charge in [0.15, 0.2) is 0 Å². The van der Waals surface area contributed by atoms with Crippen LogP contribution >= 0.6 is 11.6 Å². The number of hydrogen-bond acceptors (Lipinski definition) is 3. The summed E-state index contributed by atoms with van der Waals surface area (Å²) in [5.74, 6) is -2.09. The molecule has 1 heterocycles. The number of carbonyl (C=O) groups is 3. The lowest BCUT2D eigenvalue weighted by atomic mass is 10.1. The van der Waals surface area contributed by atoms with Crippen LogP contribution in [0.2, 0.25) is 5.02 Å². The number of para-hydroxylation sites is 1. The van der Waals surface area contributed by atoms with Gasteiger partial charge >= 0.3 is 0 Å². The van der Waals surface area contributed by atoms with Crippen molar-refractivity contribution >= 4 is 35.0 Å². The Bertz CT molecular complexity index is 873. The summed E-state index contributed by atoms with van der Waals surface area (Å²) in [5.41, 5.74) is 5.82. The van der Waals surface area contributed by atoms with Crippen LogP contribution in [0, 0.1) is 11.7 Å². The third kappa shape index (κ3) is 4.62. The molecule has 140 valence electrons. The Kier molecular flexibility index (Phi) is 5.71. The first-order valence-corrected chi connectivity index (χ1v) is 8.70. The van der Waals surface area contributed by atoms with E-state index in [2.05, 4.69) is 10.9 Å². The van der Waals surface area contributed by atoms with E-state index in [1.54, 1.807) is 24.3 Å². The lowest BCUT2D eigenvalue weighted by Gasteiger charge is -2.18. The molecule has 2 aromatic carbocycles. The van der Waals surface area contributed by atoms with E-state index in [0.29, 0.717) is 16.3 Å². The molecule has 3 rings (SSSR count). The molecule has 0 radical (unpaired) electrons. The van der Waals surface area contributed by atoms with Gasteiger partial charge in [-0.3, -0.25) is 25.2 Å². The Morgan fingerprint density at radius 3 is 2.52 bits per heavy atom. The number of hydrogen-bond donors (Lipinski definition) is 2. The molecule has 27 heavy (non-hydrogen) atoms. The van der Waals surface area contributed by atoms with Gasteiger partial charge in [0.25, 0.3) is 0 Å². The summed E-state index contributed by atoms with van der Waals surface area (Å²) in [4.78, 5) is 37.8. The monoisotopic (exact) mass is 389 g/mol. The van der Waals surface area contributed by atoms with E-state index in [4.69, 9.17) is 11.6 Å². The number of nitrogens with zero attached hydrogens (tertiary/aromatic N) is 1. The summed E-state index contributed by atoms with van der Waals surface area (Å²) in [6.07, 6.45) is 0.0286. The van der Waals surface area contributed by atoms with E-state index in [1.807, 2.05) is 0 Å². The number of halogens is 2. The van der Waals surface area contributed by atoms with E-state index in [-0.39, 0.29) is 31.1 Å². The normalized spacial score (nSPS) is 16.3. The molecule has 2 aromatic rings. The molecule has 1 atom stereocenters. The van der Waals surface area contributed by atoms with E-state index >= 15 is 0 Å². The zero-order chi connectivity index (χ0) is 19.4. The van der Waals surface area contributed by atoms with Gasteiger partial charge in [-0.2, -0.15) is 0 Å². The summed E-state index contributed by atoms with van der Waals surface area (Å²) < 4.78 is 12.9. The van der Waals surface area contributed by atoms with Crippen molar-refractivity contribution in [1.29, 1.82) is 0 Å². The van der Waals surface area contributed by atoms with Crippen LogP contribution in [-0.2, 0) is 20.8 Å². The zero-order valence-corrected chi connectivity index (χ0v) is 15.0. The lowest BCUT2D eigenvalue weighted by molar-refractivity contribution is -0.131. The maximum atomic E-state index is 12.9. The molecule has 0 spiro atoms. The molecule has 6 nitrogen and oxygen atoms in total. The summed E-state index contributed by atoms with van der Waals surface area (Å²) in [5, 5.41) is 0.430. The number of rotatable bonds is 4. The van der Waals surface area contributed by atoms with E-state index in [0.717, 1.165) is 0 Å². The Hall–Kier alpha value is -2.93. The van der Waals surface area contributed by atoms with Crippen LogP contribution in [-0.4, -0.2) is 24.3 Å². The minimum absolute atomic E-state index is 0.00406. The summed E-state index contributed by atoms with van der Waals surface area (Å²) >= 11 is 6.11. The standard InChI is InChI=1S/C19H17ClFN3O3/c20-15-3-1-2-4-16(15)24-11-13(10-18(24)26)19(27)23-22-17(25)9-12-5-7-14(21)8-6-12/h1-8,13H,9-11H2,(H,22,25)(H,23,27). The predicted molar refractivity (Wildman–Crippen MR) is 98.3 cm³/mol. The van der Waals surface area contributed by atoms with Crippen LogP contribution in [0.25, 0.3) is 0 Å². The van der Waals surface area contributed by atoms with Gasteiger partial charge in [-0.05, 0) is 29.8 Å². The van der Waals surface area contributed by atoms with Crippen molar-refractivity contribution in [3.8, 4) is 0 Å². The summed E-state index contributed by atoms with van der Waals surface area (Å²) in [6.45, 7) is 0.183. The fourth-order valence-corrected chi connectivity index (χ4v) is 3.09. The SMILES string of the molecule is O=C(Cc1ccc(F)cc1)NNC(=O)C1CC(=O)N(c2ccccc2Cl)C1. The van der Waals surface area contributed by atoms with Gasteiger partial charge < -0.3 is 4.90 Å². The van der Waals surface area contributed by atoms with Crippen molar-refractivity contribution in [3.63, 3.8) is 0 Å². The molecule has 2 N–H and O–H groups in total. The maximum Gasteiger partial charge on any atom is 0.243 e. The van der Waals surface area contributed by atoms with Crippen LogP contribution in [0.15, 0.2) is 48.5 Å². The number of hydrazine groups is 1. The van der Waals surface area contributed by atoms with Gasteiger partial charge in [0.05, 0.1) is 23.0 Å². The van der Waals surface area contributed by atoms with Crippen molar-refractivity contribution in [1.82, 2.24) is 10.9 Å². The molecular weight excluding hydrogens is 373 g/mol. The van der Waals surface area contributed by atoms with Gasteiger partial charge in [-0.25, -0.2) is 4.39 Å². The summed E-state index contributed by atoms with van der Waals surface area (Å²) in [6, 6.07) is 12.4. The average Bonchev–Trinajstić information content (AvgIpc) is 3.04. The van der Waals surface area contributed by atoms with E-state index < -0.39 is 17.7 Å². The molecule has 1 aliphatic rings. The number of benzene rings is 2. The minimum Gasteiger partial charge on any atom is -0.310 e. The Labute approximate surface area is 160 Å². The second-order valence-electron chi connectivity index (χ2n) is 6.20. The number of nitrogens with one attached hydrogen (secondary N) is 2. The van der Waals surface area contributed by atoms with Gasteiger partial charge in [0, 0.05) is 13.0 Å². The molecule has 1 fully saturated rings. The Morgan fingerprint density at radius 2 is 1.81 bits per heavy atom. The molecule has 0 saturated carbocycles. The Morgan fingerprint density at radius 1 is 1.11 bits per heavy atom. The molecule has 3 amide bonds. The minimum atomic E-state index is -0.597. The average molecular weight is 390 g/mol. The fraction of sp³-hybridized carbons (Fsp3) is 0.211. The zero-order valence-electron chi connectivity index (χ0n) is 14.2. The molecule has 8 heteroatoms. The smallest absolute Gasteiger partial charge is 0.243 e. The van der Waals surface area contributed by atoms with Crippen LogP contribution in [0.3, 0.4) is 0 Å². The van der Waals surface area contributed by atoms with Gasteiger partial charge in [-0.1, -0.05) is 35.9 Å². The predicted octanol–water partition coefficient (Wildman–Crippen LogP) is 2.22. The van der Waals surface area contributed by atoms with Crippen LogP contribution < -0.4 is 15.8 Å². The van der Waals surface area contributed by atoms with Crippen LogP contribution in [0.4, 0.5) is 10.1 Å². The highest BCUT2D eigenvalue weighted by atomic mass is 35.5. The number of anilines is 1. The van der Waals surface area contributed by atoms with Crippen molar-refractivity contribution < 1.29 is 18.8 Å². The highest BCUT2D eigenvalue weighted by molar-refractivity contribution is 6.33. The lowest BCUT2D eigenvalue weighted by Crippen LogP contribution is -2.45. The van der Waals surface area contributed by atoms with Crippen LogP contribution in [0.1, 0.15) is 12.0 Å². The molecule has 0 bridgehead atoms. The second-order valence-corrected chi connectivity index (χ2v) is 6.60. The molecule has 0 aromatic heterocycles. The van der Waals surface area contributed by atoms with Crippen LogP contribution in [0.5, 0.6) is 0 Å². The van der Waals surface area contributed by atoms with Crippen molar-refractivity contribution in [2.24, 2.45) is 5.92 Å². The first kappa shape index (κ1) is 18.8. The van der Waals surface area contributed by atoms with Crippen molar-refractivity contribution in [3.05, 3.63) is 64.9 Å². The molecule has 1 aliphatic heterocycles. The quantitative estimate of drug-likeness (QED) is 0.787. The molecule has 0 aliphatic carbocycles.